The summed E-state index contributed by atoms with van der Waals surface area (Å²) in [5.41, 5.74) is -0.647. The summed E-state index contributed by atoms with van der Waals surface area (Å²) in [7, 11) is 0. The van der Waals surface area contributed by atoms with E-state index in [1.54, 1.807) is 0 Å². The molecule has 27 heavy (non-hydrogen) atoms. The fourth-order valence-corrected chi connectivity index (χ4v) is 2.55. The van der Waals surface area contributed by atoms with Gasteiger partial charge in [0.25, 0.3) is 0 Å². The van der Waals surface area contributed by atoms with E-state index >= 15 is 0 Å². The van der Waals surface area contributed by atoms with Crippen molar-refractivity contribution >= 4 is 17.7 Å². The van der Waals surface area contributed by atoms with E-state index in [-0.39, 0.29) is 31.6 Å². The van der Waals surface area contributed by atoms with Gasteiger partial charge in [-0.1, -0.05) is 0 Å². The van der Waals surface area contributed by atoms with Crippen LogP contribution in [0.1, 0.15) is 18.4 Å². The summed E-state index contributed by atoms with van der Waals surface area (Å²) in [6, 6.07) is 3.94. The van der Waals surface area contributed by atoms with Crippen molar-refractivity contribution in [2.45, 2.75) is 25.2 Å². The van der Waals surface area contributed by atoms with Gasteiger partial charge in [0.1, 0.15) is 0 Å². The van der Waals surface area contributed by atoms with Crippen molar-refractivity contribution in [2.24, 2.45) is 5.92 Å². The SMILES string of the molecule is O=C(Nc1ccc(C(F)(F)F)cc1)C1CCN(C(=O)OCC(F)(F)F)CC1. The third kappa shape index (κ3) is 6.33. The number of rotatable bonds is 3. The standard InChI is InChI=1S/C16H16F6N2O3/c17-15(18,19)9-27-14(26)24-7-5-10(6-8-24)13(25)23-12-3-1-11(2-4-12)16(20,21)22/h1-4,10H,5-9H2,(H,23,25). The summed E-state index contributed by atoms with van der Waals surface area (Å²) in [4.78, 5) is 24.8. The minimum Gasteiger partial charge on any atom is -0.440 e. The molecule has 0 unspecified atom stereocenters. The molecule has 0 aromatic heterocycles. The molecule has 2 rings (SSSR count). The predicted octanol–water partition coefficient (Wildman–Crippen LogP) is 4.05. The quantitative estimate of drug-likeness (QED) is 0.782. The van der Waals surface area contributed by atoms with Gasteiger partial charge in [0.05, 0.1) is 5.56 Å². The molecule has 0 radical (unpaired) electrons. The second kappa shape index (κ2) is 8.05. The lowest BCUT2D eigenvalue weighted by molar-refractivity contribution is -0.162. The fourth-order valence-electron chi connectivity index (χ4n) is 2.55. The van der Waals surface area contributed by atoms with Gasteiger partial charge in [-0.2, -0.15) is 26.3 Å². The molecule has 0 bridgehead atoms. The Morgan fingerprint density at radius 1 is 1.04 bits per heavy atom. The van der Waals surface area contributed by atoms with Crippen LogP contribution >= 0.6 is 0 Å². The number of piperidine rings is 1. The van der Waals surface area contributed by atoms with Crippen molar-refractivity contribution in [3.05, 3.63) is 29.8 Å². The zero-order valence-electron chi connectivity index (χ0n) is 13.9. The van der Waals surface area contributed by atoms with E-state index in [4.69, 9.17) is 0 Å². The van der Waals surface area contributed by atoms with Crippen LogP contribution in [0.4, 0.5) is 36.8 Å². The normalized spacial score (nSPS) is 16.1. The molecule has 1 heterocycles. The summed E-state index contributed by atoms with van der Waals surface area (Å²) in [5.74, 6) is -0.947. The first-order valence-corrected chi connectivity index (χ1v) is 7.92. The van der Waals surface area contributed by atoms with Gasteiger partial charge in [-0.05, 0) is 37.1 Å². The third-order valence-electron chi connectivity index (χ3n) is 3.96. The number of carbonyl (C=O) groups is 2. The van der Waals surface area contributed by atoms with Crippen LogP contribution in [0, 0.1) is 5.92 Å². The molecule has 1 fully saturated rings. The molecule has 1 aliphatic heterocycles. The first kappa shape index (κ1) is 20.8. The minimum atomic E-state index is -4.62. The maximum absolute atomic E-state index is 12.5. The maximum Gasteiger partial charge on any atom is 0.422 e. The number of benzene rings is 1. The molecular weight excluding hydrogens is 382 g/mol. The molecule has 150 valence electrons. The average molecular weight is 398 g/mol. The summed E-state index contributed by atoms with van der Waals surface area (Å²) in [5, 5.41) is 2.49. The highest BCUT2D eigenvalue weighted by Gasteiger charge is 2.33. The van der Waals surface area contributed by atoms with E-state index in [1.807, 2.05) is 0 Å². The highest BCUT2D eigenvalue weighted by atomic mass is 19.4. The monoisotopic (exact) mass is 398 g/mol. The first-order valence-electron chi connectivity index (χ1n) is 7.92. The van der Waals surface area contributed by atoms with E-state index in [1.165, 1.54) is 0 Å². The van der Waals surface area contributed by atoms with Gasteiger partial charge < -0.3 is 15.0 Å². The molecule has 0 spiro atoms. The maximum atomic E-state index is 12.5. The molecule has 1 N–H and O–H groups in total. The Labute approximate surface area is 150 Å². The molecule has 5 nitrogen and oxygen atoms in total. The fraction of sp³-hybridized carbons (Fsp3) is 0.500. The van der Waals surface area contributed by atoms with Crippen molar-refractivity contribution in [3.63, 3.8) is 0 Å². The number of nitrogens with zero attached hydrogens (tertiary/aromatic N) is 1. The highest BCUT2D eigenvalue weighted by Crippen LogP contribution is 2.30. The average Bonchev–Trinajstić information content (AvgIpc) is 2.59. The number of likely N-dealkylation sites (tertiary alicyclic amines) is 1. The smallest absolute Gasteiger partial charge is 0.422 e. The summed E-state index contributed by atoms with van der Waals surface area (Å²) < 4.78 is 77.8. The molecule has 1 aliphatic rings. The summed E-state index contributed by atoms with van der Waals surface area (Å²) >= 11 is 0. The summed E-state index contributed by atoms with van der Waals surface area (Å²) in [6.45, 7) is -1.59. The van der Waals surface area contributed by atoms with Crippen LogP contribution in [0.2, 0.25) is 0 Å². The van der Waals surface area contributed by atoms with Crippen molar-refractivity contribution < 1.29 is 40.7 Å². The van der Waals surface area contributed by atoms with Crippen LogP contribution < -0.4 is 5.32 Å². The summed E-state index contributed by atoms with van der Waals surface area (Å²) in [6.07, 6.45) is -9.79. The minimum absolute atomic E-state index is 0.0434. The Hall–Kier alpha value is -2.46. The molecule has 0 atom stereocenters. The lowest BCUT2D eigenvalue weighted by Gasteiger charge is -2.30. The second-order valence-corrected chi connectivity index (χ2v) is 6.00. The zero-order valence-corrected chi connectivity index (χ0v) is 13.9. The Balaban J connectivity index is 1.82. The Morgan fingerprint density at radius 3 is 2.07 bits per heavy atom. The molecule has 11 heteroatoms. The van der Waals surface area contributed by atoms with Gasteiger partial charge in [-0.15, -0.1) is 0 Å². The Kier molecular flexibility index (Phi) is 6.22. The van der Waals surface area contributed by atoms with Crippen molar-refractivity contribution in [1.82, 2.24) is 4.90 Å². The van der Waals surface area contributed by atoms with Crippen LogP contribution in [0.25, 0.3) is 0 Å². The van der Waals surface area contributed by atoms with Gasteiger partial charge in [0.15, 0.2) is 6.61 Å². The van der Waals surface area contributed by atoms with Gasteiger partial charge >= 0.3 is 18.4 Å². The van der Waals surface area contributed by atoms with Gasteiger partial charge in [0, 0.05) is 24.7 Å². The molecule has 2 amide bonds. The van der Waals surface area contributed by atoms with Crippen molar-refractivity contribution in [1.29, 1.82) is 0 Å². The lowest BCUT2D eigenvalue weighted by atomic mass is 9.96. The number of amides is 2. The molecular formula is C16H16F6N2O3. The molecule has 0 saturated carbocycles. The lowest BCUT2D eigenvalue weighted by Crippen LogP contribution is -2.42. The van der Waals surface area contributed by atoms with E-state index in [2.05, 4.69) is 10.1 Å². The van der Waals surface area contributed by atoms with Crippen LogP contribution in [0.3, 0.4) is 0 Å². The number of halogens is 6. The third-order valence-corrected chi connectivity index (χ3v) is 3.96. The van der Waals surface area contributed by atoms with E-state index < -0.39 is 42.4 Å². The number of carbonyl (C=O) groups excluding carboxylic acids is 2. The van der Waals surface area contributed by atoms with Gasteiger partial charge in [0.2, 0.25) is 5.91 Å². The largest absolute Gasteiger partial charge is 0.440 e. The zero-order chi connectivity index (χ0) is 20.2. The highest BCUT2D eigenvalue weighted by molar-refractivity contribution is 5.92. The first-order chi connectivity index (χ1) is 12.5. The second-order valence-electron chi connectivity index (χ2n) is 6.00. The van der Waals surface area contributed by atoms with Crippen molar-refractivity contribution in [2.75, 3.05) is 25.0 Å². The number of ether oxygens (including phenoxy) is 1. The van der Waals surface area contributed by atoms with E-state index in [9.17, 15) is 35.9 Å². The Bertz CT molecular complexity index is 664. The molecule has 1 saturated heterocycles. The van der Waals surface area contributed by atoms with Crippen LogP contribution in [0.15, 0.2) is 24.3 Å². The number of anilines is 1. The topological polar surface area (TPSA) is 58.6 Å². The number of hydrogen-bond donors (Lipinski definition) is 1. The van der Waals surface area contributed by atoms with Crippen LogP contribution in [-0.4, -0.2) is 42.8 Å². The van der Waals surface area contributed by atoms with Gasteiger partial charge in [-0.3, -0.25) is 4.79 Å². The molecule has 0 aliphatic carbocycles. The number of alkyl halides is 6. The predicted molar refractivity (Wildman–Crippen MR) is 81.8 cm³/mol. The van der Waals surface area contributed by atoms with Crippen molar-refractivity contribution in [3.8, 4) is 0 Å². The van der Waals surface area contributed by atoms with Crippen LogP contribution in [0.5, 0.6) is 0 Å². The molecule has 1 aromatic rings. The number of hydrogen-bond acceptors (Lipinski definition) is 3. The van der Waals surface area contributed by atoms with Crippen LogP contribution in [-0.2, 0) is 15.7 Å². The Morgan fingerprint density at radius 2 is 1.59 bits per heavy atom. The van der Waals surface area contributed by atoms with E-state index in [0.29, 0.717) is 0 Å². The van der Waals surface area contributed by atoms with Gasteiger partial charge in [-0.25, -0.2) is 4.79 Å². The molecule has 1 aromatic carbocycles. The van der Waals surface area contributed by atoms with E-state index in [0.717, 1.165) is 29.2 Å². The number of nitrogens with one attached hydrogen (secondary N) is 1.